The molecule has 0 saturated carbocycles. The monoisotopic (exact) mass is 504 g/mol. The van der Waals surface area contributed by atoms with Gasteiger partial charge < -0.3 is 25.4 Å². The number of halogens is 1. The first-order chi connectivity index (χ1) is 13.1. The van der Waals surface area contributed by atoms with E-state index in [0.717, 1.165) is 56.4 Å². The Morgan fingerprint density at radius 1 is 1.39 bits per heavy atom. The summed E-state index contributed by atoms with van der Waals surface area (Å²) >= 11 is 0. The van der Waals surface area contributed by atoms with Crippen LogP contribution in [0.15, 0.2) is 29.3 Å². The molecule has 1 unspecified atom stereocenters. The molecule has 3 N–H and O–H groups in total. The Balaban J connectivity index is 0.00000392. The molecule has 8 heteroatoms. The molecule has 1 aliphatic rings. The second kappa shape index (κ2) is 13.5. The molecule has 158 valence electrons. The fourth-order valence-electron chi connectivity index (χ4n) is 3.26. The predicted molar refractivity (Wildman–Crippen MR) is 123 cm³/mol. The molecule has 1 atom stereocenters. The van der Waals surface area contributed by atoms with Gasteiger partial charge in [0.05, 0.1) is 13.7 Å². The van der Waals surface area contributed by atoms with Crippen molar-refractivity contribution in [2.45, 2.75) is 32.6 Å². The van der Waals surface area contributed by atoms with Gasteiger partial charge in [-0.15, -0.1) is 24.0 Å². The molecule has 0 aliphatic carbocycles. The van der Waals surface area contributed by atoms with Gasteiger partial charge in [0.2, 0.25) is 5.91 Å². The topological polar surface area (TPSA) is 89.2 Å². The van der Waals surface area contributed by atoms with Gasteiger partial charge in [-0.1, -0.05) is 6.07 Å². The van der Waals surface area contributed by atoms with Gasteiger partial charge in [0.25, 0.3) is 0 Å². The maximum absolute atomic E-state index is 11.2. The highest BCUT2D eigenvalue weighted by atomic mass is 127. The van der Waals surface area contributed by atoms with Gasteiger partial charge in [-0.3, -0.25) is 9.79 Å². The van der Waals surface area contributed by atoms with E-state index in [1.807, 2.05) is 24.3 Å². The molecule has 28 heavy (non-hydrogen) atoms. The van der Waals surface area contributed by atoms with Gasteiger partial charge in [0, 0.05) is 45.1 Å². The third kappa shape index (κ3) is 8.53. The molecular weight excluding hydrogens is 471 g/mol. The van der Waals surface area contributed by atoms with Crippen LogP contribution in [0.4, 0.5) is 0 Å². The third-order valence-corrected chi connectivity index (χ3v) is 4.52. The molecule has 1 saturated heterocycles. The lowest BCUT2D eigenvalue weighted by Gasteiger charge is -2.34. The minimum absolute atomic E-state index is 0. The first-order valence-corrected chi connectivity index (χ1v) is 9.70. The van der Waals surface area contributed by atoms with Gasteiger partial charge in [-0.05, 0) is 37.8 Å². The van der Waals surface area contributed by atoms with Crippen LogP contribution in [0.3, 0.4) is 0 Å². The number of rotatable bonds is 9. The maximum Gasteiger partial charge on any atom is 0.217 e. The zero-order chi connectivity index (χ0) is 19.5. The lowest BCUT2D eigenvalue weighted by Crippen LogP contribution is -2.47. The largest absolute Gasteiger partial charge is 0.497 e. The van der Waals surface area contributed by atoms with Gasteiger partial charge in [-0.25, -0.2) is 0 Å². The lowest BCUT2D eigenvalue weighted by atomic mass is 9.95. The molecule has 7 nitrogen and oxygen atoms in total. The van der Waals surface area contributed by atoms with Crippen molar-refractivity contribution in [2.24, 2.45) is 16.6 Å². The van der Waals surface area contributed by atoms with Gasteiger partial charge >= 0.3 is 0 Å². The number of nitrogens with zero attached hydrogens (tertiary/aromatic N) is 2. The van der Waals surface area contributed by atoms with Crippen molar-refractivity contribution in [3.05, 3.63) is 24.3 Å². The van der Waals surface area contributed by atoms with E-state index in [-0.39, 0.29) is 29.9 Å². The van der Waals surface area contributed by atoms with E-state index in [1.54, 1.807) is 7.11 Å². The highest BCUT2D eigenvalue weighted by Crippen LogP contribution is 2.20. The van der Waals surface area contributed by atoms with E-state index < -0.39 is 0 Å². The summed E-state index contributed by atoms with van der Waals surface area (Å²) in [6, 6.07) is 7.60. The van der Waals surface area contributed by atoms with Gasteiger partial charge in [0.1, 0.15) is 11.5 Å². The van der Waals surface area contributed by atoms with E-state index in [0.29, 0.717) is 25.5 Å². The highest BCUT2D eigenvalue weighted by Gasteiger charge is 2.23. The Labute approximate surface area is 185 Å². The zero-order valence-electron chi connectivity index (χ0n) is 16.9. The summed E-state index contributed by atoms with van der Waals surface area (Å²) in [5, 5.41) is 3.35. The molecule has 2 rings (SSSR count). The summed E-state index contributed by atoms with van der Waals surface area (Å²) in [7, 11) is 1.64. The second-order valence-electron chi connectivity index (χ2n) is 6.74. The number of piperidine rings is 1. The van der Waals surface area contributed by atoms with Crippen LogP contribution in [-0.4, -0.2) is 56.7 Å². The smallest absolute Gasteiger partial charge is 0.217 e. The number of aliphatic imine (C=N–C) groups is 1. The Kier molecular flexibility index (Phi) is 11.7. The van der Waals surface area contributed by atoms with Crippen molar-refractivity contribution >= 4 is 35.8 Å². The number of primary amides is 1. The predicted octanol–water partition coefficient (Wildman–Crippen LogP) is 2.64. The van der Waals surface area contributed by atoms with E-state index in [2.05, 4.69) is 17.1 Å². The fourth-order valence-corrected chi connectivity index (χ4v) is 3.26. The van der Waals surface area contributed by atoms with Crippen LogP contribution in [0, 0.1) is 5.92 Å². The summed E-state index contributed by atoms with van der Waals surface area (Å²) in [6.07, 6.45) is 3.38. The van der Waals surface area contributed by atoms with Crippen molar-refractivity contribution in [3.8, 4) is 11.5 Å². The van der Waals surface area contributed by atoms with Crippen LogP contribution in [0.5, 0.6) is 11.5 Å². The molecular formula is C20H33IN4O3. The summed E-state index contributed by atoms with van der Waals surface area (Å²) in [4.78, 5) is 18.2. The number of carbonyl (C=O) groups excluding carboxylic acids is 1. The molecule has 0 aromatic heterocycles. The first-order valence-electron chi connectivity index (χ1n) is 9.70. The fraction of sp³-hybridized carbons (Fsp3) is 0.600. The normalized spacial score (nSPS) is 16.9. The van der Waals surface area contributed by atoms with Crippen molar-refractivity contribution < 1.29 is 14.3 Å². The summed E-state index contributed by atoms with van der Waals surface area (Å²) in [6.45, 7) is 5.95. The minimum Gasteiger partial charge on any atom is -0.497 e. The quantitative estimate of drug-likeness (QED) is 0.234. The molecule has 0 radical (unpaired) electrons. The number of hydrogen-bond acceptors (Lipinski definition) is 4. The summed E-state index contributed by atoms with van der Waals surface area (Å²) < 4.78 is 11.0. The van der Waals surface area contributed by atoms with Gasteiger partial charge in [0.15, 0.2) is 5.96 Å². The number of methoxy groups -OCH3 is 1. The summed E-state index contributed by atoms with van der Waals surface area (Å²) in [5.41, 5.74) is 5.36. The van der Waals surface area contributed by atoms with Crippen LogP contribution in [0.1, 0.15) is 32.6 Å². The number of benzene rings is 1. The molecule has 0 bridgehead atoms. The number of nitrogens with two attached hydrogens (primary N) is 1. The van der Waals surface area contributed by atoms with E-state index in [4.69, 9.17) is 20.2 Å². The Hall–Kier alpha value is -1.71. The lowest BCUT2D eigenvalue weighted by molar-refractivity contribution is -0.119. The van der Waals surface area contributed by atoms with Crippen molar-refractivity contribution in [1.82, 2.24) is 10.2 Å². The molecule has 1 heterocycles. The number of likely N-dealkylation sites (tertiary alicyclic amines) is 1. The number of carbonyl (C=O) groups is 1. The van der Waals surface area contributed by atoms with Crippen LogP contribution in [0.25, 0.3) is 0 Å². The minimum atomic E-state index is -0.224. The second-order valence-corrected chi connectivity index (χ2v) is 6.74. The Morgan fingerprint density at radius 3 is 2.89 bits per heavy atom. The summed E-state index contributed by atoms with van der Waals surface area (Å²) in [5.74, 6) is 2.59. The number of nitrogens with one attached hydrogen (secondary N) is 1. The number of hydrogen-bond donors (Lipinski definition) is 2. The van der Waals surface area contributed by atoms with Crippen molar-refractivity contribution in [2.75, 3.05) is 39.9 Å². The average Bonchev–Trinajstić information content (AvgIpc) is 2.67. The standard InChI is InChI=1S/C20H32N4O3.HI/c1-3-22-20(24-11-5-7-16(15-24)13-19(21)25)23-10-6-12-27-18-9-4-8-17(14-18)26-2;/h4,8-9,14,16H,3,5-7,10-13,15H2,1-2H3,(H2,21,25)(H,22,23);1H. The van der Waals surface area contributed by atoms with Crippen LogP contribution in [0.2, 0.25) is 0 Å². The first kappa shape index (κ1) is 24.3. The van der Waals surface area contributed by atoms with Crippen LogP contribution >= 0.6 is 24.0 Å². The molecule has 1 fully saturated rings. The number of guanidine groups is 1. The van der Waals surface area contributed by atoms with E-state index in [9.17, 15) is 4.79 Å². The zero-order valence-corrected chi connectivity index (χ0v) is 19.2. The Morgan fingerprint density at radius 2 is 2.18 bits per heavy atom. The van der Waals surface area contributed by atoms with E-state index >= 15 is 0 Å². The number of ether oxygens (including phenoxy) is 2. The Bertz CT molecular complexity index is 627. The average molecular weight is 504 g/mol. The molecule has 1 aromatic carbocycles. The van der Waals surface area contributed by atoms with Gasteiger partial charge in [-0.2, -0.15) is 0 Å². The van der Waals surface area contributed by atoms with Crippen molar-refractivity contribution in [1.29, 1.82) is 0 Å². The van der Waals surface area contributed by atoms with Crippen LogP contribution in [-0.2, 0) is 4.79 Å². The molecule has 1 aliphatic heterocycles. The molecule has 1 aromatic rings. The molecule has 1 amide bonds. The SMILES string of the molecule is CCNC(=NCCCOc1cccc(OC)c1)N1CCCC(CC(N)=O)C1.I. The highest BCUT2D eigenvalue weighted by molar-refractivity contribution is 14.0. The van der Waals surface area contributed by atoms with Crippen LogP contribution < -0.4 is 20.5 Å². The number of amides is 1. The third-order valence-electron chi connectivity index (χ3n) is 4.52. The molecule has 0 spiro atoms. The van der Waals surface area contributed by atoms with Crippen molar-refractivity contribution in [3.63, 3.8) is 0 Å². The van der Waals surface area contributed by atoms with E-state index in [1.165, 1.54) is 0 Å². The maximum atomic E-state index is 11.2.